The second-order valence-electron chi connectivity index (χ2n) is 7.14. The molecule has 0 aliphatic rings. The van der Waals surface area contributed by atoms with Gasteiger partial charge in [-0.15, -0.1) is 0 Å². The fourth-order valence-corrected chi connectivity index (χ4v) is 3.42. The van der Waals surface area contributed by atoms with Gasteiger partial charge in [0.25, 0.3) is 0 Å². The highest BCUT2D eigenvalue weighted by Gasteiger charge is 2.16. The van der Waals surface area contributed by atoms with Gasteiger partial charge in [-0.2, -0.15) is 0 Å². The van der Waals surface area contributed by atoms with E-state index in [1.807, 2.05) is 0 Å². The molecule has 0 atom stereocenters. The minimum absolute atomic E-state index is 0.569. The molecule has 0 aromatic heterocycles. The van der Waals surface area contributed by atoms with Crippen molar-refractivity contribution in [3.8, 4) is 11.5 Å². The second-order valence-corrected chi connectivity index (χ2v) is 7.14. The summed E-state index contributed by atoms with van der Waals surface area (Å²) in [6.07, 6.45) is 10.5. The summed E-state index contributed by atoms with van der Waals surface area (Å²) in [4.78, 5) is 0. The first-order chi connectivity index (χ1) is 13.7. The van der Waals surface area contributed by atoms with Crippen molar-refractivity contribution in [3.05, 3.63) is 71.8 Å². The third-order valence-corrected chi connectivity index (χ3v) is 4.78. The minimum atomic E-state index is 0.569. The predicted octanol–water partition coefficient (Wildman–Crippen LogP) is 7.30. The molecule has 0 fully saturated rings. The summed E-state index contributed by atoms with van der Waals surface area (Å²) in [5, 5.41) is 4.41. The molecule has 146 valence electrons. The molecule has 3 aromatic rings. The lowest BCUT2D eigenvalue weighted by Crippen LogP contribution is -2.00. The molecule has 0 saturated carbocycles. The van der Waals surface area contributed by atoms with Crippen molar-refractivity contribution in [1.82, 2.24) is 0 Å². The SMILES string of the molecule is CC/C=C/COc1c2ccc(C)cc2c(OC/C=C/CC)c2cc(C)ccc12. The Morgan fingerprint density at radius 3 is 1.46 bits per heavy atom. The lowest BCUT2D eigenvalue weighted by Gasteiger charge is -2.18. The maximum atomic E-state index is 6.29. The van der Waals surface area contributed by atoms with Crippen LogP contribution in [0.15, 0.2) is 60.7 Å². The van der Waals surface area contributed by atoms with Crippen LogP contribution in [0.2, 0.25) is 0 Å². The van der Waals surface area contributed by atoms with E-state index in [1.54, 1.807) is 0 Å². The number of allylic oxidation sites excluding steroid dienone is 2. The fourth-order valence-electron chi connectivity index (χ4n) is 3.42. The average Bonchev–Trinajstić information content (AvgIpc) is 2.69. The van der Waals surface area contributed by atoms with Crippen molar-refractivity contribution in [2.45, 2.75) is 40.5 Å². The van der Waals surface area contributed by atoms with Gasteiger partial charge < -0.3 is 9.47 Å². The highest BCUT2D eigenvalue weighted by Crippen LogP contribution is 2.43. The standard InChI is InChI=1S/C26H30O2/c1-5-7-9-15-27-25-21-13-11-19(3)17-23(21)26(28-16-10-8-6-2)24-18-20(4)12-14-22(24)25/h7-14,17-18H,5-6,15-16H2,1-4H3/b9-7+,10-8+. The zero-order valence-electron chi connectivity index (χ0n) is 17.4. The number of hydrogen-bond donors (Lipinski definition) is 0. The van der Waals surface area contributed by atoms with Gasteiger partial charge in [-0.3, -0.25) is 0 Å². The summed E-state index contributed by atoms with van der Waals surface area (Å²) in [7, 11) is 0. The molecule has 0 radical (unpaired) electrons. The van der Waals surface area contributed by atoms with E-state index in [-0.39, 0.29) is 0 Å². The van der Waals surface area contributed by atoms with E-state index >= 15 is 0 Å². The normalized spacial score (nSPS) is 11.9. The lowest BCUT2D eigenvalue weighted by atomic mass is 9.98. The Kier molecular flexibility index (Phi) is 6.76. The van der Waals surface area contributed by atoms with Crippen LogP contribution < -0.4 is 9.47 Å². The van der Waals surface area contributed by atoms with Crippen molar-refractivity contribution < 1.29 is 9.47 Å². The van der Waals surface area contributed by atoms with Gasteiger partial charge in [-0.1, -0.05) is 73.5 Å². The molecule has 3 aromatic carbocycles. The van der Waals surface area contributed by atoms with Crippen molar-refractivity contribution in [2.24, 2.45) is 0 Å². The van der Waals surface area contributed by atoms with E-state index < -0.39 is 0 Å². The summed E-state index contributed by atoms with van der Waals surface area (Å²) in [6.45, 7) is 9.63. The molecular formula is C26H30O2. The first-order valence-corrected chi connectivity index (χ1v) is 10.2. The summed E-state index contributed by atoms with van der Waals surface area (Å²) >= 11 is 0. The molecule has 0 unspecified atom stereocenters. The summed E-state index contributed by atoms with van der Waals surface area (Å²) in [5.41, 5.74) is 2.43. The summed E-state index contributed by atoms with van der Waals surface area (Å²) in [6, 6.07) is 13.0. The van der Waals surface area contributed by atoms with Crippen molar-refractivity contribution >= 4 is 21.5 Å². The van der Waals surface area contributed by atoms with E-state index in [0.717, 1.165) is 45.9 Å². The van der Waals surface area contributed by atoms with Gasteiger partial charge >= 0.3 is 0 Å². The van der Waals surface area contributed by atoms with E-state index in [4.69, 9.17) is 9.47 Å². The molecule has 0 bridgehead atoms. The molecule has 2 nitrogen and oxygen atoms in total. The monoisotopic (exact) mass is 374 g/mol. The second kappa shape index (κ2) is 9.45. The van der Waals surface area contributed by atoms with E-state index in [1.165, 1.54) is 11.1 Å². The van der Waals surface area contributed by atoms with Crippen LogP contribution in [-0.4, -0.2) is 13.2 Å². The Balaban J connectivity index is 2.21. The quantitative estimate of drug-likeness (QED) is 0.304. The molecule has 0 N–H and O–H groups in total. The molecular weight excluding hydrogens is 344 g/mol. The summed E-state index contributed by atoms with van der Waals surface area (Å²) in [5.74, 6) is 1.87. The van der Waals surface area contributed by atoms with Crippen LogP contribution in [0.1, 0.15) is 37.8 Å². The third kappa shape index (κ3) is 4.39. The Hall–Kier alpha value is -2.74. The van der Waals surface area contributed by atoms with Crippen LogP contribution >= 0.6 is 0 Å². The Morgan fingerprint density at radius 2 is 1.04 bits per heavy atom. The third-order valence-electron chi connectivity index (χ3n) is 4.78. The molecule has 28 heavy (non-hydrogen) atoms. The fraction of sp³-hybridized carbons (Fsp3) is 0.308. The number of benzene rings is 3. The summed E-state index contributed by atoms with van der Waals surface area (Å²) < 4.78 is 12.5. The van der Waals surface area contributed by atoms with Gasteiger partial charge in [-0.25, -0.2) is 0 Å². The molecule has 0 saturated heterocycles. The Labute approximate surface area is 168 Å². The molecule has 2 heteroatoms. The number of fused-ring (bicyclic) bond motifs is 2. The van der Waals surface area contributed by atoms with Crippen LogP contribution in [0, 0.1) is 13.8 Å². The maximum absolute atomic E-state index is 6.29. The van der Waals surface area contributed by atoms with Gasteiger partial charge in [0.2, 0.25) is 0 Å². The number of hydrogen-bond acceptors (Lipinski definition) is 2. The molecule has 0 aliphatic heterocycles. The van der Waals surface area contributed by atoms with Crippen LogP contribution in [0.25, 0.3) is 21.5 Å². The Morgan fingerprint density at radius 1 is 0.607 bits per heavy atom. The van der Waals surface area contributed by atoms with Crippen LogP contribution in [0.4, 0.5) is 0 Å². The van der Waals surface area contributed by atoms with Crippen molar-refractivity contribution in [1.29, 1.82) is 0 Å². The number of rotatable bonds is 8. The molecule has 0 heterocycles. The van der Waals surface area contributed by atoms with E-state index in [2.05, 4.69) is 88.4 Å². The van der Waals surface area contributed by atoms with Gasteiger partial charge in [0, 0.05) is 21.5 Å². The zero-order valence-corrected chi connectivity index (χ0v) is 17.4. The number of ether oxygens (including phenoxy) is 2. The maximum Gasteiger partial charge on any atom is 0.135 e. The van der Waals surface area contributed by atoms with Crippen LogP contribution in [-0.2, 0) is 0 Å². The topological polar surface area (TPSA) is 18.5 Å². The van der Waals surface area contributed by atoms with Gasteiger partial charge in [0.1, 0.15) is 24.7 Å². The minimum Gasteiger partial charge on any atom is -0.488 e. The van der Waals surface area contributed by atoms with Gasteiger partial charge in [0.15, 0.2) is 0 Å². The van der Waals surface area contributed by atoms with Gasteiger partial charge in [0.05, 0.1) is 0 Å². The van der Waals surface area contributed by atoms with Gasteiger partial charge in [-0.05, 0) is 38.8 Å². The van der Waals surface area contributed by atoms with Crippen molar-refractivity contribution in [2.75, 3.05) is 13.2 Å². The molecule has 0 spiro atoms. The molecule has 0 aliphatic carbocycles. The zero-order chi connectivity index (χ0) is 19.9. The molecule has 0 amide bonds. The predicted molar refractivity (Wildman–Crippen MR) is 121 cm³/mol. The largest absolute Gasteiger partial charge is 0.488 e. The smallest absolute Gasteiger partial charge is 0.135 e. The first-order valence-electron chi connectivity index (χ1n) is 10.2. The number of aryl methyl sites for hydroxylation is 2. The van der Waals surface area contributed by atoms with Crippen molar-refractivity contribution in [3.63, 3.8) is 0 Å². The highest BCUT2D eigenvalue weighted by atomic mass is 16.5. The highest BCUT2D eigenvalue weighted by molar-refractivity contribution is 6.11. The van der Waals surface area contributed by atoms with E-state index in [9.17, 15) is 0 Å². The first kappa shape index (κ1) is 20.0. The molecule has 3 rings (SSSR count). The Bertz CT molecular complexity index is 949. The lowest BCUT2D eigenvalue weighted by molar-refractivity contribution is 0.365. The average molecular weight is 375 g/mol. The van der Waals surface area contributed by atoms with Crippen LogP contribution in [0.3, 0.4) is 0 Å². The van der Waals surface area contributed by atoms with Crippen LogP contribution in [0.5, 0.6) is 11.5 Å². The van der Waals surface area contributed by atoms with E-state index in [0.29, 0.717) is 13.2 Å².